The van der Waals surface area contributed by atoms with Crippen molar-refractivity contribution in [1.29, 1.82) is 0 Å². The van der Waals surface area contributed by atoms with Gasteiger partial charge in [0.05, 0.1) is 13.2 Å². The number of aliphatic hydroxyl groups excluding tert-OH is 2. The molecule has 1 aliphatic heterocycles. The Morgan fingerprint density at radius 3 is 2.88 bits per heavy atom. The number of aliphatic hydroxyl groups is 2. The van der Waals surface area contributed by atoms with Gasteiger partial charge in [-0.15, -0.1) is 0 Å². The summed E-state index contributed by atoms with van der Waals surface area (Å²) in [6.07, 6.45) is 4.97. The predicted molar refractivity (Wildman–Crippen MR) is 65.6 cm³/mol. The molecular weight excluding hydrogens is 224 g/mol. The lowest BCUT2D eigenvalue weighted by molar-refractivity contribution is -0.0332. The molecule has 5 heteroatoms. The molecule has 0 aromatic heterocycles. The van der Waals surface area contributed by atoms with Gasteiger partial charge in [0, 0.05) is 28.7 Å². The molecule has 0 radical (unpaired) electrons. The molecular formula is C11H24O4Si. The third-order valence-corrected chi connectivity index (χ3v) is 4.35. The molecule has 1 aliphatic rings. The van der Waals surface area contributed by atoms with Crippen LogP contribution in [-0.4, -0.2) is 58.2 Å². The van der Waals surface area contributed by atoms with Gasteiger partial charge in [0.15, 0.2) is 0 Å². The Bertz CT molecular complexity index is 183. The molecule has 4 nitrogen and oxygen atoms in total. The zero-order valence-electron chi connectivity index (χ0n) is 10.2. The lowest BCUT2D eigenvalue weighted by Gasteiger charge is -2.34. The van der Waals surface area contributed by atoms with Crippen molar-refractivity contribution in [3.05, 3.63) is 0 Å². The SMILES string of the molecule is OCC(O)COCCCC1([SiH3])CCCCO1. The Balaban J connectivity index is 2.01. The molecule has 2 atom stereocenters. The van der Waals surface area contributed by atoms with E-state index in [9.17, 15) is 0 Å². The van der Waals surface area contributed by atoms with Gasteiger partial charge in [-0.1, -0.05) is 0 Å². The van der Waals surface area contributed by atoms with Gasteiger partial charge >= 0.3 is 0 Å². The molecule has 0 bridgehead atoms. The molecule has 0 saturated carbocycles. The smallest absolute Gasteiger partial charge is 0.100 e. The van der Waals surface area contributed by atoms with Gasteiger partial charge in [0.1, 0.15) is 6.10 Å². The van der Waals surface area contributed by atoms with Crippen LogP contribution in [0.25, 0.3) is 0 Å². The second-order valence-electron chi connectivity index (χ2n) is 4.77. The fourth-order valence-corrected chi connectivity index (χ4v) is 2.92. The van der Waals surface area contributed by atoms with Crippen molar-refractivity contribution in [1.82, 2.24) is 0 Å². The monoisotopic (exact) mass is 248 g/mol. The van der Waals surface area contributed by atoms with Crippen molar-refractivity contribution >= 4 is 10.2 Å². The standard InChI is InChI=1S/C11H24O4Si/c12-8-10(13)9-14-6-3-5-11(16)4-1-2-7-15-11/h10,12-13H,1-9H2,16H3. The Kier molecular flexibility index (Phi) is 6.53. The first-order chi connectivity index (χ1) is 7.66. The van der Waals surface area contributed by atoms with E-state index >= 15 is 0 Å². The lowest BCUT2D eigenvalue weighted by Crippen LogP contribution is -2.37. The van der Waals surface area contributed by atoms with Crippen molar-refractivity contribution in [2.75, 3.05) is 26.4 Å². The summed E-state index contributed by atoms with van der Waals surface area (Å²) in [4.78, 5) is 0. The van der Waals surface area contributed by atoms with E-state index in [4.69, 9.17) is 19.7 Å². The van der Waals surface area contributed by atoms with Crippen LogP contribution in [0.15, 0.2) is 0 Å². The van der Waals surface area contributed by atoms with Gasteiger partial charge in [0.2, 0.25) is 0 Å². The van der Waals surface area contributed by atoms with Gasteiger partial charge in [0.25, 0.3) is 0 Å². The zero-order chi connectivity index (χ0) is 11.9. The maximum atomic E-state index is 9.06. The van der Waals surface area contributed by atoms with Gasteiger partial charge in [-0.05, 0) is 32.1 Å². The molecule has 0 aliphatic carbocycles. The van der Waals surface area contributed by atoms with Gasteiger partial charge in [-0.25, -0.2) is 0 Å². The summed E-state index contributed by atoms with van der Waals surface area (Å²) in [6.45, 7) is 1.55. The van der Waals surface area contributed by atoms with Crippen LogP contribution in [0.1, 0.15) is 32.1 Å². The molecule has 1 rings (SSSR count). The molecule has 0 amide bonds. The van der Waals surface area contributed by atoms with E-state index in [0.29, 0.717) is 6.61 Å². The van der Waals surface area contributed by atoms with Crippen molar-refractivity contribution in [3.8, 4) is 0 Å². The molecule has 0 aromatic rings. The number of ether oxygens (including phenoxy) is 2. The fourth-order valence-electron chi connectivity index (χ4n) is 2.01. The lowest BCUT2D eigenvalue weighted by atomic mass is 10.0. The van der Waals surface area contributed by atoms with E-state index in [1.165, 1.54) is 19.3 Å². The minimum Gasteiger partial charge on any atom is -0.394 e. The molecule has 0 aromatic carbocycles. The summed E-state index contributed by atoms with van der Waals surface area (Å²) >= 11 is 0. The number of hydrogen-bond acceptors (Lipinski definition) is 4. The van der Waals surface area contributed by atoms with E-state index in [0.717, 1.165) is 29.7 Å². The molecule has 96 valence electrons. The van der Waals surface area contributed by atoms with Crippen LogP contribution in [0.2, 0.25) is 0 Å². The van der Waals surface area contributed by atoms with Crippen LogP contribution in [-0.2, 0) is 9.47 Å². The molecule has 2 N–H and O–H groups in total. The Hall–Kier alpha value is 0.0569. The third kappa shape index (κ3) is 5.40. The number of rotatable bonds is 7. The van der Waals surface area contributed by atoms with Crippen molar-refractivity contribution in [3.63, 3.8) is 0 Å². The number of hydrogen-bond donors (Lipinski definition) is 2. The molecule has 2 unspecified atom stereocenters. The third-order valence-electron chi connectivity index (χ3n) is 3.07. The summed E-state index contributed by atoms with van der Waals surface area (Å²) in [5.41, 5.74) is 0. The normalized spacial score (nSPS) is 28.1. The topological polar surface area (TPSA) is 58.9 Å². The average molecular weight is 248 g/mol. The van der Waals surface area contributed by atoms with Crippen LogP contribution >= 0.6 is 0 Å². The van der Waals surface area contributed by atoms with E-state index in [-0.39, 0.29) is 18.4 Å². The van der Waals surface area contributed by atoms with Gasteiger partial charge in [-0.3, -0.25) is 0 Å². The minimum atomic E-state index is -0.740. The first-order valence-corrected chi connectivity index (χ1v) is 7.17. The van der Waals surface area contributed by atoms with Crippen LogP contribution < -0.4 is 0 Å². The van der Waals surface area contributed by atoms with Crippen molar-refractivity contribution < 1.29 is 19.7 Å². The van der Waals surface area contributed by atoms with Gasteiger partial charge < -0.3 is 19.7 Å². The van der Waals surface area contributed by atoms with Crippen LogP contribution in [0, 0.1) is 0 Å². The highest BCUT2D eigenvalue weighted by Crippen LogP contribution is 2.26. The average Bonchev–Trinajstić information content (AvgIpc) is 2.29. The van der Waals surface area contributed by atoms with Crippen LogP contribution in [0.4, 0.5) is 0 Å². The van der Waals surface area contributed by atoms with E-state index in [1.807, 2.05) is 0 Å². The summed E-state index contributed by atoms with van der Waals surface area (Å²) in [5, 5.41) is 17.8. The second-order valence-corrected chi connectivity index (χ2v) is 6.59. The molecule has 0 spiro atoms. The van der Waals surface area contributed by atoms with Crippen LogP contribution in [0.5, 0.6) is 0 Å². The summed E-state index contributed by atoms with van der Waals surface area (Å²) < 4.78 is 11.1. The quantitative estimate of drug-likeness (QED) is 0.466. The second kappa shape index (κ2) is 7.40. The molecule has 1 heterocycles. The highest BCUT2D eigenvalue weighted by molar-refractivity contribution is 6.14. The highest BCUT2D eigenvalue weighted by atomic mass is 28.1. The Labute approximate surface area is 100 Å². The van der Waals surface area contributed by atoms with Crippen LogP contribution in [0.3, 0.4) is 0 Å². The van der Waals surface area contributed by atoms with E-state index < -0.39 is 6.10 Å². The first-order valence-electron chi connectivity index (χ1n) is 6.17. The minimum absolute atomic E-state index is 0.164. The molecule has 1 saturated heterocycles. The maximum absolute atomic E-state index is 9.06. The van der Waals surface area contributed by atoms with E-state index in [1.54, 1.807) is 0 Å². The summed E-state index contributed by atoms with van der Waals surface area (Å²) in [7, 11) is 1.08. The fraction of sp³-hybridized carbons (Fsp3) is 1.00. The first kappa shape index (κ1) is 14.1. The predicted octanol–water partition coefficient (Wildman–Crippen LogP) is -0.601. The van der Waals surface area contributed by atoms with Crippen molar-refractivity contribution in [2.24, 2.45) is 0 Å². The largest absolute Gasteiger partial charge is 0.394 e. The highest BCUT2D eigenvalue weighted by Gasteiger charge is 2.26. The molecule has 1 fully saturated rings. The Morgan fingerprint density at radius 2 is 2.25 bits per heavy atom. The van der Waals surface area contributed by atoms with Gasteiger partial charge in [-0.2, -0.15) is 0 Å². The summed E-state index contributed by atoms with van der Waals surface area (Å²) in [5.74, 6) is 0. The summed E-state index contributed by atoms with van der Waals surface area (Å²) in [6, 6.07) is 0. The maximum Gasteiger partial charge on any atom is 0.100 e. The Morgan fingerprint density at radius 1 is 1.44 bits per heavy atom. The zero-order valence-corrected chi connectivity index (χ0v) is 12.2. The van der Waals surface area contributed by atoms with E-state index in [2.05, 4.69) is 0 Å². The van der Waals surface area contributed by atoms with Crippen molar-refractivity contribution in [2.45, 2.75) is 43.4 Å². The molecule has 16 heavy (non-hydrogen) atoms.